The predicted molar refractivity (Wildman–Crippen MR) is 144 cm³/mol. The summed E-state index contributed by atoms with van der Waals surface area (Å²) in [5, 5.41) is 10.0. The molecule has 3 N–H and O–H groups in total. The molecule has 2 aromatic rings. The lowest BCUT2D eigenvalue weighted by Gasteiger charge is -2.29. The molecule has 1 aromatic heterocycles. The maximum Gasteiger partial charge on any atom is 0.239 e. The van der Waals surface area contributed by atoms with Crippen molar-refractivity contribution in [2.24, 2.45) is 5.41 Å². The highest BCUT2D eigenvalue weighted by atomic mass is 35.5. The van der Waals surface area contributed by atoms with Gasteiger partial charge >= 0.3 is 0 Å². The third kappa shape index (κ3) is 9.54. The van der Waals surface area contributed by atoms with Crippen molar-refractivity contribution in [1.29, 1.82) is 0 Å². The van der Waals surface area contributed by atoms with E-state index >= 15 is 0 Å². The number of nitrogens with zero attached hydrogens (tertiary/aromatic N) is 2. The first kappa shape index (κ1) is 29.3. The van der Waals surface area contributed by atoms with Crippen LogP contribution in [-0.4, -0.2) is 41.1 Å². The van der Waals surface area contributed by atoms with E-state index in [1.54, 1.807) is 6.33 Å². The molecule has 1 heterocycles. The molecular weight excluding hydrogens is 465 g/mol. The fourth-order valence-corrected chi connectivity index (χ4v) is 4.17. The summed E-state index contributed by atoms with van der Waals surface area (Å²) in [4.78, 5) is 16.8. The molecule has 35 heavy (non-hydrogen) atoms. The van der Waals surface area contributed by atoms with Crippen LogP contribution in [0.1, 0.15) is 72.4 Å². The normalized spacial score (nSPS) is 15.7. The van der Waals surface area contributed by atoms with E-state index in [9.17, 15) is 9.18 Å². The maximum absolute atomic E-state index is 14.2. The molecular formula is C27H43ClFN5O. The van der Waals surface area contributed by atoms with Gasteiger partial charge in [0.05, 0.1) is 18.4 Å². The van der Waals surface area contributed by atoms with Gasteiger partial charge in [0.1, 0.15) is 5.82 Å². The van der Waals surface area contributed by atoms with E-state index in [1.807, 2.05) is 16.8 Å². The predicted octanol–water partition coefficient (Wildman–Crippen LogP) is 5.55. The molecule has 6 nitrogen and oxygen atoms in total. The number of hydrogen-bond acceptors (Lipinski definition) is 4. The summed E-state index contributed by atoms with van der Waals surface area (Å²) in [5.41, 5.74) is 1.69. The molecule has 1 aliphatic carbocycles. The molecule has 1 amide bonds. The van der Waals surface area contributed by atoms with Crippen LogP contribution in [0, 0.1) is 11.2 Å². The van der Waals surface area contributed by atoms with E-state index < -0.39 is 0 Å². The van der Waals surface area contributed by atoms with E-state index in [-0.39, 0.29) is 35.3 Å². The van der Waals surface area contributed by atoms with Gasteiger partial charge in [0.2, 0.25) is 5.91 Å². The molecule has 0 fully saturated rings. The summed E-state index contributed by atoms with van der Waals surface area (Å²) < 4.78 is 16.2. The summed E-state index contributed by atoms with van der Waals surface area (Å²) in [6.45, 7) is 17.0. The number of aromatic nitrogens is 2. The molecule has 0 saturated carbocycles. The highest BCUT2D eigenvalue weighted by Crippen LogP contribution is 2.27. The molecule has 1 atom stereocenters. The van der Waals surface area contributed by atoms with Crippen molar-refractivity contribution in [3.63, 3.8) is 0 Å². The molecule has 8 heteroatoms. The largest absolute Gasteiger partial charge is 0.328 e. The Labute approximate surface area is 215 Å². The minimum Gasteiger partial charge on any atom is -0.328 e. The summed E-state index contributed by atoms with van der Waals surface area (Å²) >= 11 is 5.95. The highest BCUT2D eigenvalue weighted by Gasteiger charge is 2.24. The van der Waals surface area contributed by atoms with Crippen molar-refractivity contribution in [1.82, 2.24) is 20.2 Å². The average Bonchev–Trinajstić information content (AvgIpc) is 3.21. The van der Waals surface area contributed by atoms with Gasteiger partial charge in [-0.3, -0.25) is 4.79 Å². The zero-order valence-electron chi connectivity index (χ0n) is 22.4. The van der Waals surface area contributed by atoms with Gasteiger partial charge in [-0.25, -0.2) is 9.37 Å². The first-order chi connectivity index (χ1) is 16.3. The monoisotopic (exact) mass is 507 g/mol. The van der Waals surface area contributed by atoms with E-state index in [1.165, 1.54) is 12.5 Å². The molecule has 1 unspecified atom stereocenters. The average molecular weight is 508 g/mol. The van der Waals surface area contributed by atoms with Crippen LogP contribution in [0.4, 0.5) is 10.2 Å². The van der Waals surface area contributed by atoms with Crippen LogP contribution in [0.15, 0.2) is 24.7 Å². The second-order valence-corrected chi connectivity index (χ2v) is 11.7. The summed E-state index contributed by atoms with van der Waals surface area (Å²) in [7, 11) is 0. The van der Waals surface area contributed by atoms with Crippen LogP contribution in [0.3, 0.4) is 0 Å². The maximum atomic E-state index is 14.2. The van der Waals surface area contributed by atoms with Gasteiger partial charge in [-0.2, -0.15) is 0 Å². The number of imidazole rings is 1. The molecule has 0 saturated heterocycles. The molecule has 1 aromatic carbocycles. The Morgan fingerprint density at radius 2 is 1.89 bits per heavy atom. The summed E-state index contributed by atoms with van der Waals surface area (Å²) in [5.74, 6) is 0.0882. The number of carbonyl (C=O) groups excluding carboxylic acids is 1. The fourth-order valence-electron chi connectivity index (χ4n) is 3.94. The van der Waals surface area contributed by atoms with Crippen LogP contribution in [-0.2, 0) is 23.2 Å². The molecule has 1 aliphatic rings. The number of anilines is 1. The molecule has 0 radical (unpaired) electrons. The third-order valence-electron chi connectivity index (χ3n) is 5.78. The van der Waals surface area contributed by atoms with Crippen molar-refractivity contribution in [2.45, 2.75) is 85.7 Å². The van der Waals surface area contributed by atoms with Gasteiger partial charge in [-0.15, -0.1) is 0 Å². The van der Waals surface area contributed by atoms with E-state index in [0.29, 0.717) is 22.8 Å². The van der Waals surface area contributed by atoms with Crippen molar-refractivity contribution in [3.8, 4) is 0 Å². The van der Waals surface area contributed by atoms with Crippen molar-refractivity contribution >= 4 is 23.3 Å². The highest BCUT2D eigenvalue weighted by molar-refractivity contribution is 6.30. The number of rotatable bonds is 8. The van der Waals surface area contributed by atoms with Crippen LogP contribution in [0.25, 0.3) is 0 Å². The quantitative estimate of drug-likeness (QED) is 0.438. The Hall–Kier alpha value is -1.96. The number of aryl methyl sites for hydroxylation is 1. The number of carbonyl (C=O) groups is 1. The van der Waals surface area contributed by atoms with Gasteiger partial charge in [-0.1, -0.05) is 52.6 Å². The van der Waals surface area contributed by atoms with E-state index in [4.69, 9.17) is 11.6 Å². The van der Waals surface area contributed by atoms with Crippen molar-refractivity contribution in [2.75, 3.05) is 25.0 Å². The molecule has 196 valence electrons. The molecule has 0 bridgehead atoms. The van der Waals surface area contributed by atoms with Gasteiger partial charge in [0, 0.05) is 30.4 Å². The Morgan fingerprint density at radius 3 is 2.54 bits per heavy atom. The third-order valence-corrected chi connectivity index (χ3v) is 6.00. The minimum absolute atomic E-state index is 0.0503. The zero-order chi connectivity index (χ0) is 26.2. The summed E-state index contributed by atoms with van der Waals surface area (Å²) in [6.07, 6.45) is 6.98. The van der Waals surface area contributed by atoms with Gasteiger partial charge in [0.25, 0.3) is 0 Å². The van der Waals surface area contributed by atoms with Crippen molar-refractivity contribution < 1.29 is 9.18 Å². The number of amides is 1. The Balaban J connectivity index is 0.00000137. The first-order valence-corrected chi connectivity index (χ1v) is 13.0. The number of fused-ring (bicyclic) bond motifs is 1. The van der Waals surface area contributed by atoms with Crippen LogP contribution in [0.5, 0.6) is 0 Å². The second kappa shape index (κ2) is 12.8. The Bertz CT molecular complexity index is 967. The number of nitrogens with one attached hydrogen (secondary N) is 3. The lowest BCUT2D eigenvalue weighted by Crippen LogP contribution is -2.40. The standard InChI is InChI=1S/C24H35ClFN5O.C3H8/c1-23(2,3)13-27-14-24(4,5)31-12-21(29-15-31)30-22(32)11-28-18-7-6-16-8-17(25)9-20(26)19(16)10-18;1-3-2/h8-9,12,15,18,27-28H,6-7,10-11,13-14H2,1-5H3,(H,30,32);3H2,1-2H3. The zero-order valence-corrected chi connectivity index (χ0v) is 23.2. The SMILES string of the molecule is CC(C)(C)CNCC(C)(C)n1cnc(NC(=O)CNC2CCc3cc(Cl)cc(F)c3C2)c1.CCC. The molecule has 3 rings (SSSR count). The topological polar surface area (TPSA) is 71.0 Å². The van der Waals surface area contributed by atoms with E-state index in [0.717, 1.165) is 31.5 Å². The first-order valence-electron chi connectivity index (χ1n) is 12.6. The Kier molecular flexibility index (Phi) is 10.7. The lowest BCUT2D eigenvalue weighted by atomic mass is 9.88. The smallest absolute Gasteiger partial charge is 0.239 e. The minimum atomic E-state index is -0.270. The van der Waals surface area contributed by atoms with Gasteiger partial charge in [-0.05, 0) is 61.8 Å². The lowest BCUT2D eigenvalue weighted by molar-refractivity contribution is -0.115. The number of hydrogen-bond donors (Lipinski definition) is 3. The van der Waals surface area contributed by atoms with Crippen molar-refractivity contribution in [3.05, 3.63) is 46.6 Å². The van der Waals surface area contributed by atoms with Crippen LogP contribution < -0.4 is 16.0 Å². The molecule has 0 spiro atoms. The fraction of sp³-hybridized carbons (Fsp3) is 0.630. The Morgan fingerprint density at radius 1 is 1.20 bits per heavy atom. The number of benzene rings is 1. The summed E-state index contributed by atoms with van der Waals surface area (Å²) in [6, 6.07) is 3.24. The van der Waals surface area contributed by atoms with Crippen LogP contribution >= 0.6 is 11.6 Å². The molecule has 0 aliphatic heterocycles. The number of halogens is 2. The van der Waals surface area contributed by atoms with Gasteiger partial charge < -0.3 is 20.5 Å². The van der Waals surface area contributed by atoms with Crippen LogP contribution in [0.2, 0.25) is 5.02 Å². The van der Waals surface area contributed by atoms with Gasteiger partial charge in [0.15, 0.2) is 5.82 Å². The second-order valence-electron chi connectivity index (χ2n) is 11.2. The van der Waals surface area contributed by atoms with E-state index in [2.05, 4.69) is 69.4 Å².